The minimum Gasteiger partial charge on any atom is -0.300 e. The molecule has 4 atom stereocenters. The van der Waals surface area contributed by atoms with Crippen molar-refractivity contribution in [2.75, 3.05) is 18.6 Å². The van der Waals surface area contributed by atoms with Crippen molar-refractivity contribution in [1.82, 2.24) is 4.98 Å². The van der Waals surface area contributed by atoms with Crippen molar-refractivity contribution in [1.29, 1.82) is 0 Å². The van der Waals surface area contributed by atoms with Gasteiger partial charge in [0.15, 0.2) is 0 Å². The van der Waals surface area contributed by atoms with Gasteiger partial charge in [0.25, 0.3) is 0 Å². The first-order valence-corrected chi connectivity index (χ1v) is 11.9. The van der Waals surface area contributed by atoms with Crippen LogP contribution in [-0.2, 0) is 16.0 Å². The third-order valence-electron chi connectivity index (χ3n) is 5.65. The second kappa shape index (κ2) is 11.7. The molecule has 4 nitrogen and oxygen atoms in total. The van der Waals surface area contributed by atoms with Gasteiger partial charge in [0, 0.05) is 42.9 Å². The molecule has 0 fully saturated rings. The first-order chi connectivity index (χ1) is 13.8. The minimum absolute atomic E-state index is 0.0325. The van der Waals surface area contributed by atoms with E-state index >= 15 is 0 Å². The van der Waals surface area contributed by atoms with Gasteiger partial charge in [-0.3, -0.25) is 19.6 Å². The number of allylic oxidation sites excluding steroid dienone is 1. The van der Waals surface area contributed by atoms with Crippen LogP contribution in [0.25, 0.3) is 0 Å². The molecule has 0 aliphatic carbocycles. The Morgan fingerprint density at radius 3 is 2.72 bits per heavy atom. The van der Waals surface area contributed by atoms with Crippen LogP contribution >= 0.6 is 23.4 Å². The van der Waals surface area contributed by atoms with Gasteiger partial charge < -0.3 is 0 Å². The maximum atomic E-state index is 12.6. The highest BCUT2D eigenvalue weighted by Gasteiger charge is 2.31. The Hall–Kier alpha value is -1.46. The normalized spacial score (nSPS) is 19.7. The summed E-state index contributed by atoms with van der Waals surface area (Å²) in [5.41, 5.74) is 2.10. The molecule has 0 amide bonds. The Morgan fingerprint density at radius 1 is 1.34 bits per heavy atom. The summed E-state index contributed by atoms with van der Waals surface area (Å²) in [6.45, 7) is 6.15. The highest BCUT2D eigenvalue weighted by atomic mass is 35.5. The molecule has 0 aromatic carbocycles. The van der Waals surface area contributed by atoms with E-state index in [4.69, 9.17) is 11.6 Å². The summed E-state index contributed by atoms with van der Waals surface area (Å²) in [7, 11) is 0. The highest BCUT2D eigenvalue weighted by molar-refractivity contribution is 7.98. The Morgan fingerprint density at radius 2 is 2.10 bits per heavy atom. The fourth-order valence-corrected chi connectivity index (χ4v) is 4.72. The number of rotatable bonds is 11. The molecule has 1 aliphatic heterocycles. The van der Waals surface area contributed by atoms with E-state index in [1.807, 2.05) is 32.4 Å². The number of carbonyl (C=O) groups is 2. The number of halogens is 1. The second-order valence-corrected chi connectivity index (χ2v) is 9.21. The fraction of sp³-hybridized carbons (Fsp3) is 0.565. The third kappa shape index (κ3) is 7.07. The van der Waals surface area contributed by atoms with E-state index in [1.54, 1.807) is 24.9 Å². The van der Waals surface area contributed by atoms with Crippen LogP contribution in [0.3, 0.4) is 0 Å². The maximum Gasteiger partial charge on any atom is 0.137 e. The van der Waals surface area contributed by atoms with E-state index in [0.29, 0.717) is 11.7 Å². The molecule has 4 unspecified atom stereocenters. The second-order valence-electron chi connectivity index (χ2n) is 7.95. The Labute approximate surface area is 183 Å². The van der Waals surface area contributed by atoms with Gasteiger partial charge in [0.2, 0.25) is 0 Å². The summed E-state index contributed by atoms with van der Waals surface area (Å²) in [4.78, 5) is 33.6. The lowest BCUT2D eigenvalue weighted by Crippen LogP contribution is -2.30. The summed E-state index contributed by atoms with van der Waals surface area (Å²) in [6.07, 6.45) is 9.96. The summed E-state index contributed by atoms with van der Waals surface area (Å²) in [5, 5.41) is 0.478. The lowest BCUT2D eigenvalue weighted by molar-refractivity contribution is -0.129. The van der Waals surface area contributed by atoms with Crippen LogP contribution in [0, 0.1) is 23.7 Å². The van der Waals surface area contributed by atoms with E-state index < -0.39 is 0 Å². The molecular weight excluding hydrogens is 404 g/mol. The molecule has 0 saturated heterocycles. The van der Waals surface area contributed by atoms with E-state index in [9.17, 15) is 9.59 Å². The number of hydrogen-bond donors (Lipinski definition) is 0. The Bertz CT molecular complexity index is 763. The van der Waals surface area contributed by atoms with Gasteiger partial charge in [-0.2, -0.15) is 11.8 Å². The van der Waals surface area contributed by atoms with Crippen molar-refractivity contribution < 1.29 is 9.59 Å². The van der Waals surface area contributed by atoms with Crippen molar-refractivity contribution in [3.8, 4) is 0 Å². The van der Waals surface area contributed by atoms with Gasteiger partial charge in [-0.25, -0.2) is 0 Å². The number of hydrogen-bond acceptors (Lipinski definition) is 5. The van der Waals surface area contributed by atoms with Crippen LogP contribution in [0.1, 0.15) is 39.2 Å². The van der Waals surface area contributed by atoms with Gasteiger partial charge in [-0.15, -0.1) is 0 Å². The van der Waals surface area contributed by atoms with Gasteiger partial charge in [-0.05, 0) is 55.1 Å². The van der Waals surface area contributed by atoms with Gasteiger partial charge in [-0.1, -0.05) is 37.6 Å². The molecule has 2 rings (SSSR count). The molecule has 0 spiro atoms. The topological polar surface area (TPSA) is 59.4 Å². The largest absolute Gasteiger partial charge is 0.300 e. The zero-order valence-corrected chi connectivity index (χ0v) is 19.3. The minimum atomic E-state index is -0.362. The van der Waals surface area contributed by atoms with Crippen molar-refractivity contribution >= 4 is 40.1 Å². The monoisotopic (exact) mass is 434 g/mol. The summed E-state index contributed by atoms with van der Waals surface area (Å²) in [6, 6.07) is 4.02. The Balaban J connectivity index is 2.09. The Kier molecular flexibility index (Phi) is 9.57. The summed E-state index contributed by atoms with van der Waals surface area (Å²) in [5.74, 6) is 0.687. The zero-order chi connectivity index (χ0) is 21.4. The fourth-order valence-electron chi connectivity index (χ4n) is 3.73. The quantitative estimate of drug-likeness (QED) is 0.491. The number of aromatic nitrogens is 1. The average Bonchev–Trinajstić information content (AvgIpc) is 2.71. The zero-order valence-electron chi connectivity index (χ0n) is 17.7. The van der Waals surface area contributed by atoms with Crippen molar-refractivity contribution in [3.05, 3.63) is 41.7 Å². The van der Waals surface area contributed by atoms with Gasteiger partial charge in [0.1, 0.15) is 16.7 Å². The summed E-state index contributed by atoms with van der Waals surface area (Å²) < 4.78 is 0. The SMILES string of the molecule is CSCC(C)C(=O)CC(C(C)=O)C(C)C1=CC(CCc2cccnc2)CN=C1Cl. The smallest absolute Gasteiger partial charge is 0.137 e. The molecule has 1 aliphatic rings. The van der Waals surface area contributed by atoms with Crippen LogP contribution in [0.15, 0.2) is 41.2 Å². The van der Waals surface area contributed by atoms with Gasteiger partial charge >= 0.3 is 0 Å². The van der Waals surface area contributed by atoms with E-state index in [0.717, 1.165) is 24.2 Å². The van der Waals surface area contributed by atoms with E-state index in [2.05, 4.69) is 22.1 Å². The third-order valence-corrected chi connectivity index (χ3v) is 6.82. The van der Waals surface area contributed by atoms with E-state index in [-0.39, 0.29) is 41.7 Å². The number of carbonyl (C=O) groups excluding carboxylic acids is 2. The van der Waals surface area contributed by atoms with Crippen LogP contribution in [-0.4, -0.2) is 40.3 Å². The maximum absolute atomic E-state index is 12.6. The van der Waals surface area contributed by atoms with E-state index in [1.165, 1.54) is 5.56 Å². The number of thioether (sulfide) groups is 1. The lowest BCUT2D eigenvalue weighted by atomic mass is 9.78. The molecule has 0 bridgehead atoms. The van der Waals surface area contributed by atoms with Crippen molar-refractivity contribution in [2.45, 2.75) is 40.0 Å². The number of aryl methyl sites for hydroxylation is 1. The predicted octanol–water partition coefficient (Wildman–Crippen LogP) is 5.01. The first-order valence-electron chi connectivity index (χ1n) is 10.2. The molecular formula is C23H31ClN2O2S. The first kappa shape index (κ1) is 23.8. The number of dihydropyridines is 1. The van der Waals surface area contributed by atoms with Crippen molar-refractivity contribution in [3.63, 3.8) is 0 Å². The standard InChI is InChI=1S/C23H31ClN2O2S/c1-15(14-29-4)22(28)11-20(17(3)27)16(2)21-10-19(13-26-23(21)24)8-7-18-6-5-9-25-12-18/h5-6,9-10,12,15-16,19-20H,7-8,11,13-14H2,1-4H3. The lowest BCUT2D eigenvalue weighted by Gasteiger charge is -2.27. The van der Waals surface area contributed by atoms with Crippen LogP contribution in [0.2, 0.25) is 0 Å². The highest BCUT2D eigenvalue weighted by Crippen LogP contribution is 2.32. The molecule has 0 radical (unpaired) electrons. The molecule has 29 heavy (non-hydrogen) atoms. The molecule has 6 heteroatoms. The number of nitrogens with zero attached hydrogens (tertiary/aromatic N) is 2. The number of pyridine rings is 1. The number of aliphatic imine (C=N–C) groups is 1. The molecule has 1 aromatic rings. The van der Waals surface area contributed by atoms with Gasteiger partial charge in [0.05, 0.1) is 0 Å². The molecule has 0 saturated carbocycles. The molecule has 2 heterocycles. The number of ketones is 2. The van der Waals surface area contributed by atoms with Crippen molar-refractivity contribution in [2.24, 2.45) is 28.7 Å². The average molecular weight is 435 g/mol. The van der Waals surface area contributed by atoms with Crippen LogP contribution in [0.4, 0.5) is 0 Å². The summed E-state index contributed by atoms with van der Waals surface area (Å²) >= 11 is 8.08. The van der Waals surface area contributed by atoms with Crippen LogP contribution in [0.5, 0.6) is 0 Å². The molecule has 1 aromatic heterocycles. The molecule has 158 valence electrons. The molecule has 0 N–H and O–H groups in total. The van der Waals surface area contributed by atoms with Crippen LogP contribution < -0.4 is 0 Å². The predicted molar refractivity (Wildman–Crippen MR) is 123 cm³/mol. The number of Topliss-reactive ketones (excluding diaryl/α,β-unsaturated/α-hetero) is 2.